The van der Waals surface area contributed by atoms with E-state index < -0.39 is 11.7 Å². The van der Waals surface area contributed by atoms with Crippen molar-refractivity contribution < 1.29 is 18.0 Å². The first kappa shape index (κ1) is 15.8. The van der Waals surface area contributed by atoms with Crippen molar-refractivity contribution >= 4 is 5.91 Å². The summed E-state index contributed by atoms with van der Waals surface area (Å²) in [5.74, 6) is 0.362. The third-order valence-electron chi connectivity index (χ3n) is 3.70. The summed E-state index contributed by atoms with van der Waals surface area (Å²) in [7, 11) is 0. The second-order valence-electron chi connectivity index (χ2n) is 5.37. The van der Waals surface area contributed by atoms with Crippen molar-refractivity contribution in [3.63, 3.8) is 0 Å². The Bertz CT molecular complexity index is 465. The third kappa shape index (κ3) is 5.04. The fraction of sp³-hybridized carbons (Fsp3) is 0.533. The first-order valence-electron chi connectivity index (χ1n) is 7.08. The van der Waals surface area contributed by atoms with Crippen LogP contribution in [0.1, 0.15) is 30.4 Å². The molecule has 6 heteroatoms. The lowest BCUT2D eigenvalue weighted by atomic mass is 9.94. The summed E-state index contributed by atoms with van der Waals surface area (Å²) in [5, 5.41) is 6.00. The maximum atomic E-state index is 12.4. The van der Waals surface area contributed by atoms with Crippen LogP contribution in [0.5, 0.6) is 0 Å². The molecule has 0 spiro atoms. The summed E-state index contributed by atoms with van der Waals surface area (Å²) in [6, 6.07) is 4.86. The number of amides is 1. The molecule has 1 fully saturated rings. The van der Waals surface area contributed by atoms with Crippen molar-refractivity contribution in [3.8, 4) is 0 Å². The minimum atomic E-state index is -4.32. The largest absolute Gasteiger partial charge is 0.416 e. The molecule has 2 N–H and O–H groups in total. The van der Waals surface area contributed by atoms with Gasteiger partial charge in [-0.1, -0.05) is 12.1 Å². The molecule has 3 nitrogen and oxygen atoms in total. The second kappa shape index (κ2) is 6.93. The Hall–Kier alpha value is -1.56. The van der Waals surface area contributed by atoms with Gasteiger partial charge in [-0.25, -0.2) is 0 Å². The van der Waals surface area contributed by atoms with Gasteiger partial charge in [-0.05, 0) is 49.5 Å². The highest BCUT2D eigenvalue weighted by Crippen LogP contribution is 2.29. The van der Waals surface area contributed by atoms with Gasteiger partial charge < -0.3 is 10.6 Å². The molecule has 1 aromatic rings. The van der Waals surface area contributed by atoms with Crippen molar-refractivity contribution in [2.24, 2.45) is 5.92 Å². The molecule has 116 valence electrons. The van der Waals surface area contributed by atoms with Crippen LogP contribution in [0.25, 0.3) is 0 Å². The van der Waals surface area contributed by atoms with E-state index in [2.05, 4.69) is 10.6 Å². The number of halogens is 3. The van der Waals surface area contributed by atoms with E-state index in [4.69, 9.17) is 0 Å². The van der Waals surface area contributed by atoms with Gasteiger partial charge in [0.25, 0.3) is 0 Å². The Kier molecular flexibility index (Phi) is 5.22. The van der Waals surface area contributed by atoms with Crippen molar-refractivity contribution in [2.45, 2.75) is 32.0 Å². The van der Waals surface area contributed by atoms with Crippen molar-refractivity contribution in [1.29, 1.82) is 0 Å². The van der Waals surface area contributed by atoms with Gasteiger partial charge in [0.05, 0.1) is 5.56 Å². The predicted octanol–water partition coefficient (Wildman–Crippen LogP) is 2.71. The molecule has 0 unspecified atom stereocenters. The van der Waals surface area contributed by atoms with E-state index in [0.29, 0.717) is 17.9 Å². The van der Waals surface area contributed by atoms with Crippen LogP contribution in [0.3, 0.4) is 0 Å². The molecule has 0 saturated carbocycles. The number of carbonyl (C=O) groups excluding carboxylic acids is 1. The molecule has 0 bridgehead atoms. The van der Waals surface area contributed by atoms with Crippen LogP contribution in [0.4, 0.5) is 13.2 Å². The van der Waals surface area contributed by atoms with Crippen LogP contribution in [0.2, 0.25) is 0 Å². The number of hydrogen-bond acceptors (Lipinski definition) is 2. The van der Waals surface area contributed by atoms with Crippen molar-refractivity contribution in [1.82, 2.24) is 10.6 Å². The van der Waals surface area contributed by atoms with Gasteiger partial charge >= 0.3 is 6.18 Å². The average Bonchev–Trinajstić information content (AvgIpc) is 2.46. The van der Waals surface area contributed by atoms with E-state index in [1.54, 1.807) is 0 Å². The lowest BCUT2D eigenvalue weighted by Crippen LogP contribution is -2.32. The van der Waals surface area contributed by atoms with Crippen LogP contribution >= 0.6 is 0 Å². The first-order chi connectivity index (χ1) is 9.95. The summed E-state index contributed by atoms with van der Waals surface area (Å²) < 4.78 is 37.3. The highest BCUT2D eigenvalue weighted by molar-refractivity contribution is 5.76. The smallest absolute Gasteiger partial charge is 0.352 e. The minimum absolute atomic E-state index is 0.0400. The number of rotatable bonds is 4. The topological polar surface area (TPSA) is 41.1 Å². The maximum absolute atomic E-state index is 12.4. The Labute approximate surface area is 121 Å². The maximum Gasteiger partial charge on any atom is 0.416 e. The Morgan fingerprint density at radius 3 is 2.38 bits per heavy atom. The molecule has 1 amide bonds. The molecule has 2 rings (SSSR count). The highest BCUT2D eigenvalue weighted by Gasteiger charge is 2.29. The van der Waals surface area contributed by atoms with Crippen molar-refractivity contribution in [2.75, 3.05) is 13.1 Å². The van der Waals surface area contributed by atoms with Crippen LogP contribution in [0, 0.1) is 5.92 Å². The molecular formula is C15H19F3N2O. The normalized spacial score (nSPS) is 16.7. The van der Waals surface area contributed by atoms with Crippen LogP contribution in [0.15, 0.2) is 24.3 Å². The summed E-state index contributed by atoms with van der Waals surface area (Å²) in [6.45, 7) is 2.15. The van der Waals surface area contributed by atoms with E-state index in [1.807, 2.05) is 0 Å². The zero-order chi connectivity index (χ0) is 15.3. The lowest BCUT2D eigenvalue weighted by molar-refractivity contribution is -0.137. The molecule has 0 aromatic heterocycles. The summed E-state index contributed by atoms with van der Waals surface area (Å²) in [5.41, 5.74) is -0.00561. The molecule has 1 heterocycles. The van der Waals surface area contributed by atoms with E-state index >= 15 is 0 Å². The molecule has 1 aliphatic rings. The number of benzene rings is 1. The van der Waals surface area contributed by atoms with E-state index in [1.165, 1.54) is 12.1 Å². The quantitative estimate of drug-likeness (QED) is 0.897. The van der Waals surface area contributed by atoms with Gasteiger partial charge in [0.2, 0.25) is 5.91 Å². The molecular weight excluding hydrogens is 281 g/mol. The minimum Gasteiger partial charge on any atom is -0.352 e. The standard InChI is InChI=1S/C15H19F3N2O/c16-15(17,18)13-3-1-12(2-4-13)10-20-14(21)9-11-5-7-19-8-6-11/h1-4,11,19H,5-10H2,(H,20,21). The number of carbonyl (C=O) groups is 1. The van der Waals surface area contributed by atoms with E-state index in [9.17, 15) is 18.0 Å². The third-order valence-corrected chi connectivity index (χ3v) is 3.70. The molecule has 0 aliphatic carbocycles. The molecule has 0 radical (unpaired) electrons. The Balaban J connectivity index is 1.78. The number of alkyl halides is 3. The van der Waals surface area contributed by atoms with Crippen LogP contribution in [-0.2, 0) is 17.5 Å². The summed E-state index contributed by atoms with van der Waals surface area (Å²) in [6.07, 6.45) is -1.85. The molecule has 1 aliphatic heterocycles. The zero-order valence-electron chi connectivity index (χ0n) is 11.7. The molecule has 21 heavy (non-hydrogen) atoms. The number of piperidine rings is 1. The second-order valence-corrected chi connectivity index (χ2v) is 5.37. The zero-order valence-corrected chi connectivity index (χ0v) is 11.7. The number of hydrogen-bond donors (Lipinski definition) is 2. The van der Waals surface area contributed by atoms with Gasteiger partial charge in [-0.15, -0.1) is 0 Å². The summed E-state index contributed by atoms with van der Waals surface area (Å²) in [4.78, 5) is 11.8. The lowest BCUT2D eigenvalue weighted by Gasteiger charge is -2.21. The van der Waals surface area contributed by atoms with Crippen LogP contribution in [-0.4, -0.2) is 19.0 Å². The fourth-order valence-electron chi connectivity index (χ4n) is 2.43. The highest BCUT2D eigenvalue weighted by atomic mass is 19.4. The average molecular weight is 300 g/mol. The van der Waals surface area contributed by atoms with Gasteiger partial charge in [0.15, 0.2) is 0 Å². The fourth-order valence-corrected chi connectivity index (χ4v) is 2.43. The first-order valence-corrected chi connectivity index (χ1v) is 7.08. The summed E-state index contributed by atoms with van der Waals surface area (Å²) >= 11 is 0. The molecule has 0 atom stereocenters. The number of nitrogens with one attached hydrogen (secondary N) is 2. The monoisotopic (exact) mass is 300 g/mol. The van der Waals surface area contributed by atoms with Gasteiger partial charge in [0, 0.05) is 13.0 Å². The van der Waals surface area contributed by atoms with Gasteiger partial charge in [0.1, 0.15) is 0 Å². The Morgan fingerprint density at radius 1 is 1.19 bits per heavy atom. The predicted molar refractivity (Wildman–Crippen MR) is 73.5 cm³/mol. The SMILES string of the molecule is O=C(CC1CCNCC1)NCc1ccc(C(F)(F)F)cc1. The van der Waals surface area contributed by atoms with Gasteiger partial charge in [-0.3, -0.25) is 4.79 Å². The van der Waals surface area contributed by atoms with Crippen LogP contribution < -0.4 is 10.6 Å². The van der Waals surface area contributed by atoms with Crippen molar-refractivity contribution in [3.05, 3.63) is 35.4 Å². The van der Waals surface area contributed by atoms with Gasteiger partial charge in [-0.2, -0.15) is 13.2 Å². The molecule has 1 saturated heterocycles. The Morgan fingerprint density at radius 2 is 1.81 bits per heavy atom. The van der Waals surface area contributed by atoms with E-state index in [0.717, 1.165) is 38.1 Å². The molecule has 1 aromatic carbocycles. The van der Waals surface area contributed by atoms with E-state index in [-0.39, 0.29) is 12.5 Å².